The number of nitrogens with two attached hydrogens (primary N) is 1. The summed E-state index contributed by atoms with van der Waals surface area (Å²) in [5.74, 6) is 2.02. The molecule has 0 aliphatic rings. The summed E-state index contributed by atoms with van der Waals surface area (Å²) in [6, 6.07) is 1.94. The molecule has 0 spiro atoms. The van der Waals surface area contributed by atoms with E-state index in [4.69, 9.17) is 17.4 Å². The molecule has 1 atom stereocenters. The van der Waals surface area contributed by atoms with Gasteiger partial charge in [0.15, 0.2) is 0 Å². The summed E-state index contributed by atoms with van der Waals surface area (Å²) in [5, 5.41) is 8.21. The molecule has 0 aromatic heterocycles. The van der Waals surface area contributed by atoms with E-state index in [1.54, 1.807) is 0 Å². The van der Waals surface area contributed by atoms with Crippen molar-refractivity contribution in [3.63, 3.8) is 0 Å². The third kappa shape index (κ3) is 2.23. The van der Waals surface area contributed by atoms with Gasteiger partial charge in [-0.05, 0) is 13.0 Å². The van der Waals surface area contributed by atoms with Crippen LogP contribution in [0.2, 0.25) is 0 Å². The molecule has 0 amide bonds. The second kappa shape index (κ2) is 4.18. The zero-order valence-electron chi connectivity index (χ0n) is 4.59. The average molecular weight is 108 g/mol. The SMILES string of the molecule is C#CC(C#N)CCN. The smallest absolute Gasteiger partial charge is 0.108 e. The second-order valence-corrected chi connectivity index (χ2v) is 1.43. The van der Waals surface area contributed by atoms with Crippen LogP contribution in [0, 0.1) is 29.6 Å². The van der Waals surface area contributed by atoms with Crippen LogP contribution in [0.15, 0.2) is 0 Å². The first-order chi connectivity index (χ1) is 3.85. The third-order valence-corrected chi connectivity index (χ3v) is 0.812. The fraction of sp³-hybridized carbons (Fsp3) is 0.500. The fourth-order valence-electron chi connectivity index (χ4n) is 0.352. The molecule has 0 radical (unpaired) electrons. The van der Waals surface area contributed by atoms with Crippen molar-refractivity contribution in [1.82, 2.24) is 0 Å². The van der Waals surface area contributed by atoms with Gasteiger partial charge in [0, 0.05) is 0 Å². The Labute approximate surface area is 49.3 Å². The molecule has 0 aromatic carbocycles. The molecule has 0 rings (SSSR count). The fourth-order valence-corrected chi connectivity index (χ4v) is 0.352. The van der Waals surface area contributed by atoms with Gasteiger partial charge in [0.1, 0.15) is 5.92 Å². The van der Waals surface area contributed by atoms with Crippen LogP contribution in [-0.2, 0) is 0 Å². The molecule has 0 aliphatic carbocycles. The van der Waals surface area contributed by atoms with Crippen LogP contribution in [0.5, 0.6) is 0 Å². The molecule has 0 aromatic rings. The normalized spacial score (nSPS) is 11.4. The third-order valence-electron chi connectivity index (χ3n) is 0.812. The molecular weight excluding hydrogens is 100 g/mol. The largest absolute Gasteiger partial charge is 0.330 e. The molecular formula is C6H8N2. The lowest BCUT2D eigenvalue weighted by atomic mass is 10.1. The lowest BCUT2D eigenvalue weighted by Gasteiger charge is -1.93. The monoisotopic (exact) mass is 108 g/mol. The van der Waals surface area contributed by atoms with Crippen LogP contribution in [0.25, 0.3) is 0 Å². The highest BCUT2D eigenvalue weighted by Gasteiger charge is 1.97. The lowest BCUT2D eigenvalue weighted by molar-refractivity contribution is 0.752. The molecule has 0 bridgehead atoms. The van der Waals surface area contributed by atoms with Crippen molar-refractivity contribution in [2.24, 2.45) is 11.7 Å². The zero-order chi connectivity index (χ0) is 6.41. The van der Waals surface area contributed by atoms with Crippen LogP contribution >= 0.6 is 0 Å². The van der Waals surface area contributed by atoms with Crippen molar-refractivity contribution in [2.75, 3.05) is 6.54 Å². The summed E-state index contributed by atoms with van der Waals surface area (Å²) in [4.78, 5) is 0. The number of hydrogen-bond donors (Lipinski definition) is 1. The Morgan fingerprint density at radius 1 is 1.75 bits per heavy atom. The maximum atomic E-state index is 8.21. The quantitative estimate of drug-likeness (QED) is 0.510. The Kier molecular flexibility index (Phi) is 3.66. The Hall–Kier alpha value is -0.990. The van der Waals surface area contributed by atoms with Crippen LogP contribution in [0.1, 0.15) is 6.42 Å². The molecule has 1 unspecified atom stereocenters. The van der Waals surface area contributed by atoms with Gasteiger partial charge in [-0.25, -0.2) is 0 Å². The molecule has 42 valence electrons. The Morgan fingerprint density at radius 3 is 2.50 bits per heavy atom. The molecule has 2 N–H and O–H groups in total. The van der Waals surface area contributed by atoms with E-state index in [9.17, 15) is 0 Å². The van der Waals surface area contributed by atoms with Crippen LogP contribution < -0.4 is 5.73 Å². The highest BCUT2D eigenvalue weighted by atomic mass is 14.5. The molecule has 0 saturated carbocycles. The molecule has 0 aliphatic heterocycles. The standard InChI is InChI=1S/C6H8N2/c1-2-6(5-8)3-4-7/h1,6H,3-4,7H2. The van der Waals surface area contributed by atoms with Gasteiger partial charge in [0.2, 0.25) is 0 Å². The van der Waals surface area contributed by atoms with Gasteiger partial charge in [-0.15, -0.1) is 6.42 Å². The molecule has 2 nitrogen and oxygen atoms in total. The van der Waals surface area contributed by atoms with Crippen molar-refractivity contribution in [3.8, 4) is 18.4 Å². The van der Waals surface area contributed by atoms with Crippen molar-refractivity contribution >= 4 is 0 Å². The Balaban J connectivity index is 3.46. The lowest BCUT2D eigenvalue weighted by Crippen LogP contribution is -2.04. The second-order valence-electron chi connectivity index (χ2n) is 1.43. The minimum absolute atomic E-state index is 0.292. The topological polar surface area (TPSA) is 49.8 Å². The Bertz CT molecular complexity index is 112. The molecule has 2 heteroatoms. The van der Waals surface area contributed by atoms with Crippen LogP contribution in [0.3, 0.4) is 0 Å². The van der Waals surface area contributed by atoms with Gasteiger partial charge in [0.25, 0.3) is 0 Å². The van der Waals surface area contributed by atoms with Crippen molar-refractivity contribution in [3.05, 3.63) is 0 Å². The number of terminal acetylenes is 1. The molecule has 0 heterocycles. The maximum absolute atomic E-state index is 8.21. The molecule has 8 heavy (non-hydrogen) atoms. The van der Waals surface area contributed by atoms with E-state index in [1.165, 1.54) is 0 Å². The predicted molar refractivity (Wildman–Crippen MR) is 31.6 cm³/mol. The van der Waals surface area contributed by atoms with Crippen LogP contribution in [-0.4, -0.2) is 6.54 Å². The highest BCUT2D eigenvalue weighted by Crippen LogP contribution is 1.94. The number of rotatable bonds is 2. The summed E-state index contributed by atoms with van der Waals surface area (Å²) in [7, 11) is 0. The number of hydrogen-bond acceptors (Lipinski definition) is 2. The predicted octanol–water partition coefficient (Wildman–Crippen LogP) is 0.108. The van der Waals surface area contributed by atoms with E-state index in [0.717, 1.165) is 0 Å². The minimum Gasteiger partial charge on any atom is -0.330 e. The van der Waals surface area contributed by atoms with Crippen molar-refractivity contribution in [2.45, 2.75) is 6.42 Å². The van der Waals surface area contributed by atoms with Crippen molar-refractivity contribution in [1.29, 1.82) is 5.26 Å². The Morgan fingerprint density at radius 2 is 2.38 bits per heavy atom. The summed E-state index contributed by atoms with van der Waals surface area (Å²) < 4.78 is 0. The van der Waals surface area contributed by atoms with Gasteiger partial charge in [-0.1, -0.05) is 5.92 Å². The number of nitrogens with zero attached hydrogens (tertiary/aromatic N) is 1. The van der Waals surface area contributed by atoms with E-state index < -0.39 is 0 Å². The summed E-state index contributed by atoms with van der Waals surface area (Å²) in [6.45, 7) is 0.489. The molecule has 0 fully saturated rings. The first-order valence-corrected chi connectivity index (χ1v) is 2.41. The van der Waals surface area contributed by atoms with Crippen LogP contribution in [0.4, 0.5) is 0 Å². The van der Waals surface area contributed by atoms with Gasteiger partial charge in [0.05, 0.1) is 6.07 Å². The summed E-state index contributed by atoms with van der Waals surface area (Å²) >= 11 is 0. The maximum Gasteiger partial charge on any atom is 0.108 e. The van der Waals surface area contributed by atoms with E-state index in [0.29, 0.717) is 13.0 Å². The van der Waals surface area contributed by atoms with Gasteiger partial charge >= 0.3 is 0 Å². The van der Waals surface area contributed by atoms with Crippen molar-refractivity contribution < 1.29 is 0 Å². The molecule has 0 saturated heterocycles. The van der Waals surface area contributed by atoms with E-state index in [1.807, 2.05) is 6.07 Å². The van der Waals surface area contributed by atoms with E-state index in [-0.39, 0.29) is 5.92 Å². The van der Waals surface area contributed by atoms with Gasteiger partial charge in [-0.2, -0.15) is 5.26 Å². The van der Waals surface area contributed by atoms with Gasteiger partial charge in [-0.3, -0.25) is 0 Å². The first-order valence-electron chi connectivity index (χ1n) is 2.41. The summed E-state index contributed by atoms with van der Waals surface area (Å²) in [6.07, 6.45) is 5.55. The zero-order valence-corrected chi connectivity index (χ0v) is 4.59. The van der Waals surface area contributed by atoms with E-state index in [2.05, 4.69) is 5.92 Å². The highest BCUT2D eigenvalue weighted by molar-refractivity contribution is 5.04. The average Bonchev–Trinajstić information content (AvgIpc) is 1.83. The van der Waals surface area contributed by atoms with E-state index >= 15 is 0 Å². The van der Waals surface area contributed by atoms with Gasteiger partial charge < -0.3 is 5.73 Å². The summed E-state index contributed by atoms with van der Waals surface area (Å²) in [5.41, 5.74) is 5.13. The first kappa shape index (κ1) is 7.01. The number of nitriles is 1. The minimum atomic E-state index is -0.292.